The summed E-state index contributed by atoms with van der Waals surface area (Å²) in [6.45, 7) is 8.70. The highest BCUT2D eigenvalue weighted by Gasteiger charge is 2.16. The minimum atomic E-state index is 0.948. The van der Waals surface area contributed by atoms with E-state index in [9.17, 15) is 0 Å². The van der Waals surface area contributed by atoms with Crippen molar-refractivity contribution in [2.45, 2.75) is 34.1 Å². The summed E-state index contributed by atoms with van der Waals surface area (Å²) in [5, 5.41) is 2.49. The van der Waals surface area contributed by atoms with Gasteiger partial charge in [0.15, 0.2) is 0 Å². The number of aryl methyl sites for hydroxylation is 4. The second-order valence-electron chi connectivity index (χ2n) is 6.63. The quantitative estimate of drug-likeness (QED) is 0.466. The Labute approximate surface area is 142 Å². The van der Waals surface area contributed by atoms with Crippen LogP contribution in [0.4, 0.5) is 0 Å². The topological polar surface area (TPSA) is 17.8 Å². The van der Waals surface area contributed by atoms with Gasteiger partial charge in [-0.3, -0.25) is 4.57 Å². The Morgan fingerprint density at radius 2 is 1.58 bits per heavy atom. The molecule has 0 saturated carbocycles. The molecule has 120 valence electrons. The molecule has 0 bridgehead atoms. The van der Waals surface area contributed by atoms with Crippen LogP contribution in [0.2, 0.25) is 0 Å². The molecule has 2 heterocycles. The van der Waals surface area contributed by atoms with Crippen LogP contribution in [0, 0.1) is 20.8 Å². The van der Waals surface area contributed by atoms with Gasteiger partial charge in [-0.25, -0.2) is 4.98 Å². The zero-order valence-corrected chi connectivity index (χ0v) is 14.7. The molecule has 0 unspecified atom stereocenters. The minimum Gasteiger partial charge on any atom is -0.293 e. The summed E-state index contributed by atoms with van der Waals surface area (Å²) in [6.07, 6.45) is 0.948. The SMILES string of the molecule is CCc1ccc2c3ccccc3n(-c3c(C)cc(C)cc3C)c2n1. The zero-order chi connectivity index (χ0) is 16.8. The van der Waals surface area contributed by atoms with Crippen LogP contribution in [0.3, 0.4) is 0 Å². The number of benzene rings is 2. The van der Waals surface area contributed by atoms with Gasteiger partial charge in [0.1, 0.15) is 5.65 Å². The van der Waals surface area contributed by atoms with Gasteiger partial charge < -0.3 is 0 Å². The predicted molar refractivity (Wildman–Crippen MR) is 102 cm³/mol. The summed E-state index contributed by atoms with van der Waals surface area (Å²) in [4.78, 5) is 4.97. The molecule has 0 radical (unpaired) electrons. The van der Waals surface area contributed by atoms with E-state index >= 15 is 0 Å². The number of pyridine rings is 1. The van der Waals surface area contributed by atoms with Crippen LogP contribution in [-0.4, -0.2) is 9.55 Å². The number of hydrogen-bond acceptors (Lipinski definition) is 1. The van der Waals surface area contributed by atoms with Gasteiger partial charge in [-0.2, -0.15) is 0 Å². The van der Waals surface area contributed by atoms with Crippen molar-refractivity contribution < 1.29 is 0 Å². The van der Waals surface area contributed by atoms with Crippen LogP contribution in [-0.2, 0) is 6.42 Å². The van der Waals surface area contributed by atoms with E-state index in [1.807, 2.05) is 0 Å². The number of nitrogens with zero attached hydrogens (tertiary/aromatic N) is 2. The first-order valence-electron chi connectivity index (χ1n) is 8.57. The summed E-state index contributed by atoms with van der Waals surface area (Å²) >= 11 is 0. The molecule has 24 heavy (non-hydrogen) atoms. The van der Waals surface area contributed by atoms with Crippen molar-refractivity contribution in [1.82, 2.24) is 9.55 Å². The molecular weight excluding hydrogens is 292 g/mol. The Hall–Kier alpha value is -2.61. The van der Waals surface area contributed by atoms with Gasteiger partial charge in [-0.1, -0.05) is 42.8 Å². The van der Waals surface area contributed by atoms with Crippen molar-refractivity contribution in [3.63, 3.8) is 0 Å². The smallest absolute Gasteiger partial charge is 0.145 e. The fourth-order valence-electron chi connectivity index (χ4n) is 3.83. The molecule has 0 spiro atoms. The van der Waals surface area contributed by atoms with Crippen molar-refractivity contribution in [3.8, 4) is 5.69 Å². The highest BCUT2D eigenvalue weighted by Crippen LogP contribution is 2.33. The average molecular weight is 314 g/mol. The van der Waals surface area contributed by atoms with Crippen LogP contribution in [0.15, 0.2) is 48.5 Å². The van der Waals surface area contributed by atoms with Crippen LogP contribution in [0.5, 0.6) is 0 Å². The van der Waals surface area contributed by atoms with Gasteiger partial charge in [0.2, 0.25) is 0 Å². The molecule has 0 aliphatic heterocycles. The number of para-hydroxylation sites is 1. The highest BCUT2D eigenvalue weighted by atomic mass is 15.1. The van der Waals surface area contributed by atoms with Crippen LogP contribution >= 0.6 is 0 Å². The van der Waals surface area contributed by atoms with Crippen LogP contribution < -0.4 is 0 Å². The first-order chi connectivity index (χ1) is 11.6. The van der Waals surface area contributed by atoms with E-state index in [-0.39, 0.29) is 0 Å². The maximum Gasteiger partial charge on any atom is 0.145 e. The summed E-state index contributed by atoms with van der Waals surface area (Å²) in [5.74, 6) is 0. The number of aromatic nitrogens is 2. The van der Waals surface area contributed by atoms with Crippen molar-refractivity contribution in [2.24, 2.45) is 0 Å². The third-order valence-corrected chi connectivity index (χ3v) is 4.80. The third-order valence-electron chi connectivity index (χ3n) is 4.80. The summed E-state index contributed by atoms with van der Waals surface area (Å²) < 4.78 is 2.34. The lowest BCUT2D eigenvalue weighted by Gasteiger charge is -2.15. The lowest BCUT2D eigenvalue weighted by Crippen LogP contribution is -2.02. The normalized spacial score (nSPS) is 11.5. The maximum absolute atomic E-state index is 4.97. The van der Waals surface area contributed by atoms with Crippen molar-refractivity contribution >= 4 is 21.9 Å². The van der Waals surface area contributed by atoms with E-state index in [0.717, 1.165) is 17.8 Å². The molecule has 4 aromatic rings. The molecule has 0 amide bonds. The van der Waals surface area contributed by atoms with Crippen molar-refractivity contribution in [2.75, 3.05) is 0 Å². The predicted octanol–water partition coefficient (Wildman–Crippen LogP) is 5.67. The molecule has 0 atom stereocenters. The van der Waals surface area contributed by atoms with Gasteiger partial charge >= 0.3 is 0 Å². The highest BCUT2D eigenvalue weighted by molar-refractivity contribution is 6.08. The molecule has 0 aliphatic carbocycles. The molecule has 4 rings (SSSR count). The molecule has 2 nitrogen and oxygen atoms in total. The van der Waals surface area contributed by atoms with E-state index in [2.05, 4.69) is 80.8 Å². The molecule has 2 aromatic carbocycles. The third kappa shape index (κ3) is 2.14. The minimum absolute atomic E-state index is 0.948. The number of hydrogen-bond donors (Lipinski definition) is 0. The summed E-state index contributed by atoms with van der Waals surface area (Å²) in [6, 6.07) is 17.5. The van der Waals surface area contributed by atoms with E-state index in [1.54, 1.807) is 0 Å². The molecular formula is C22H22N2. The average Bonchev–Trinajstić information content (AvgIpc) is 2.88. The van der Waals surface area contributed by atoms with Gasteiger partial charge in [-0.05, 0) is 56.5 Å². The molecule has 2 aromatic heterocycles. The summed E-state index contributed by atoms with van der Waals surface area (Å²) in [7, 11) is 0. The fraction of sp³-hybridized carbons (Fsp3) is 0.227. The standard InChI is InChI=1S/C22H22N2/c1-5-17-10-11-19-18-8-6-7-9-20(18)24(22(19)23-17)21-15(3)12-14(2)13-16(21)4/h6-13H,5H2,1-4H3. The Balaban J connectivity index is 2.21. The Morgan fingerprint density at radius 1 is 0.875 bits per heavy atom. The summed E-state index contributed by atoms with van der Waals surface area (Å²) in [5.41, 5.74) is 8.56. The largest absolute Gasteiger partial charge is 0.293 e. The lowest BCUT2D eigenvalue weighted by molar-refractivity contribution is 1.02. The van der Waals surface area contributed by atoms with Crippen molar-refractivity contribution in [1.29, 1.82) is 0 Å². The second kappa shape index (κ2) is 5.48. The van der Waals surface area contributed by atoms with E-state index in [4.69, 9.17) is 4.98 Å². The molecule has 2 heteroatoms. The first kappa shape index (κ1) is 14.9. The van der Waals surface area contributed by atoms with Gasteiger partial charge in [0.25, 0.3) is 0 Å². The maximum atomic E-state index is 4.97. The van der Waals surface area contributed by atoms with Crippen LogP contribution in [0.25, 0.3) is 27.6 Å². The van der Waals surface area contributed by atoms with Gasteiger partial charge in [-0.15, -0.1) is 0 Å². The van der Waals surface area contributed by atoms with E-state index in [0.29, 0.717) is 0 Å². The van der Waals surface area contributed by atoms with Crippen LogP contribution in [0.1, 0.15) is 29.3 Å². The van der Waals surface area contributed by atoms with Crippen molar-refractivity contribution in [3.05, 3.63) is 70.9 Å². The van der Waals surface area contributed by atoms with E-state index in [1.165, 1.54) is 38.7 Å². The fourth-order valence-corrected chi connectivity index (χ4v) is 3.83. The monoisotopic (exact) mass is 314 g/mol. The number of fused-ring (bicyclic) bond motifs is 3. The second-order valence-corrected chi connectivity index (χ2v) is 6.63. The Bertz CT molecular complexity index is 1050. The number of rotatable bonds is 2. The molecule has 0 aliphatic rings. The Morgan fingerprint density at radius 3 is 2.29 bits per heavy atom. The van der Waals surface area contributed by atoms with Gasteiger partial charge in [0.05, 0.1) is 11.2 Å². The molecule has 0 N–H and O–H groups in total. The van der Waals surface area contributed by atoms with Gasteiger partial charge in [0, 0.05) is 16.5 Å². The lowest BCUT2D eigenvalue weighted by atomic mass is 10.0. The van der Waals surface area contributed by atoms with E-state index < -0.39 is 0 Å². The first-order valence-corrected chi connectivity index (χ1v) is 8.57. The zero-order valence-electron chi connectivity index (χ0n) is 14.7. The Kier molecular flexibility index (Phi) is 3.42. The molecule has 0 saturated heterocycles. The molecule has 0 fully saturated rings.